The highest BCUT2D eigenvalue weighted by Crippen LogP contribution is 2.69. The second-order valence-electron chi connectivity index (χ2n) is 9.33. The average molecular weight is 635 g/mol. The second-order valence-corrected chi connectivity index (χ2v) is 14.1. The number of hydrogen-bond acceptors (Lipinski definition) is 7. The van der Waals surface area contributed by atoms with Gasteiger partial charge in [0.25, 0.3) is 5.08 Å². The highest BCUT2D eigenvalue weighted by Gasteiger charge is 2.58. The van der Waals surface area contributed by atoms with Crippen LogP contribution in [-0.2, 0) is 25.1 Å². The maximum Gasteiger partial charge on any atom is 0.369 e. The van der Waals surface area contributed by atoms with Gasteiger partial charge in [-0.15, -0.1) is 23.2 Å². The van der Waals surface area contributed by atoms with Crippen LogP contribution in [0.4, 0.5) is 5.69 Å². The molecule has 0 saturated carbocycles. The van der Waals surface area contributed by atoms with Gasteiger partial charge in [-0.05, 0) is 36.5 Å². The summed E-state index contributed by atoms with van der Waals surface area (Å²) in [6.07, 6.45) is -1.13. The maximum atomic E-state index is 12.7. The Morgan fingerprint density at radius 2 is 1.51 bits per heavy atom. The topological polar surface area (TPSA) is 223 Å². The van der Waals surface area contributed by atoms with Crippen LogP contribution in [0, 0.1) is 5.92 Å². The Kier molecular flexibility index (Phi) is 14.4. The summed E-state index contributed by atoms with van der Waals surface area (Å²) >= 11 is 11.7. The van der Waals surface area contributed by atoms with Gasteiger partial charge < -0.3 is 45.9 Å². The van der Waals surface area contributed by atoms with Gasteiger partial charge in [-0.2, -0.15) is 0 Å². The molecule has 0 aliphatic rings. The molecule has 0 spiro atoms. The van der Waals surface area contributed by atoms with Crippen LogP contribution < -0.4 is 21.3 Å². The number of rotatable bonds is 17. The number of amides is 2. The Morgan fingerprint density at radius 1 is 1.00 bits per heavy atom. The molecule has 1 aromatic carbocycles. The van der Waals surface area contributed by atoms with Gasteiger partial charge in [0.15, 0.2) is 0 Å². The van der Waals surface area contributed by atoms with Crippen molar-refractivity contribution < 1.29 is 43.4 Å². The van der Waals surface area contributed by atoms with Gasteiger partial charge in [0.1, 0.15) is 6.04 Å². The average Bonchev–Trinajstić information content (AvgIpc) is 2.83. The number of carbonyl (C=O) groups excluding carboxylic acids is 2. The van der Waals surface area contributed by atoms with E-state index in [2.05, 4.69) is 10.6 Å². The molecular formula is C22H38Cl2N4O9P2. The first-order chi connectivity index (χ1) is 18.0. The first kappa shape index (κ1) is 35.8. The van der Waals surface area contributed by atoms with Crippen molar-refractivity contribution in [2.24, 2.45) is 11.7 Å². The molecule has 224 valence electrons. The quantitative estimate of drug-likeness (QED) is 0.0682. The fourth-order valence-corrected chi connectivity index (χ4v) is 6.33. The van der Waals surface area contributed by atoms with E-state index >= 15 is 0 Å². The lowest BCUT2D eigenvalue weighted by Gasteiger charge is -2.29. The minimum atomic E-state index is -5.59. The summed E-state index contributed by atoms with van der Waals surface area (Å²) in [5.74, 6) is -0.688. The van der Waals surface area contributed by atoms with Crippen molar-refractivity contribution in [2.45, 2.75) is 50.3 Å². The van der Waals surface area contributed by atoms with Crippen LogP contribution >= 0.6 is 38.4 Å². The van der Waals surface area contributed by atoms with E-state index in [0.717, 1.165) is 11.3 Å². The normalized spacial score (nSPS) is 14.1. The molecule has 9 N–H and O–H groups in total. The molecule has 39 heavy (non-hydrogen) atoms. The van der Waals surface area contributed by atoms with E-state index in [-0.39, 0.29) is 25.3 Å². The summed E-state index contributed by atoms with van der Waals surface area (Å²) in [4.78, 5) is 64.2. The molecule has 0 fully saturated rings. The zero-order valence-electron chi connectivity index (χ0n) is 21.7. The SMILES string of the molecule is CC(C)[C@H](NC(=O)[C@@H](N)Cc1ccc(N(CCCl)CCCl)cc1)C(=O)NCCCC(O)(P(=O)(O)O)P(=O)(O)O. The van der Waals surface area contributed by atoms with Gasteiger partial charge in [-0.3, -0.25) is 18.7 Å². The molecule has 0 saturated heterocycles. The Labute approximate surface area is 237 Å². The first-order valence-electron chi connectivity index (χ1n) is 12.1. The number of carbonyl (C=O) groups is 2. The van der Waals surface area contributed by atoms with Crippen LogP contribution in [0.5, 0.6) is 0 Å². The van der Waals surface area contributed by atoms with E-state index in [1.807, 2.05) is 29.2 Å². The number of hydrogen-bond donors (Lipinski definition) is 8. The molecule has 0 aliphatic carbocycles. The molecule has 0 unspecified atom stereocenters. The van der Waals surface area contributed by atoms with Crippen molar-refractivity contribution in [3.05, 3.63) is 29.8 Å². The Morgan fingerprint density at radius 3 is 1.95 bits per heavy atom. The molecule has 17 heteroatoms. The standard InChI is InChI=1S/C22H38Cl2N4O9P2/c1-15(2)19(21(30)26-11-3-8-22(31,38(32,33)34)39(35,36)37)27-20(29)18(25)14-16-4-6-17(7-5-16)28(12-9-23)13-10-24/h4-7,15,18-19,31H,3,8-14,25H2,1-2H3,(H,26,30)(H,27,29)(H2,32,33,34)(H2,35,36,37)/t18-,19-/m0/s1. The predicted molar refractivity (Wildman–Crippen MR) is 150 cm³/mol. The van der Waals surface area contributed by atoms with E-state index in [1.165, 1.54) is 0 Å². The second kappa shape index (κ2) is 15.7. The van der Waals surface area contributed by atoms with Crippen LogP contribution in [0.25, 0.3) is 0 Å². The fraction of sp³-hybridized carbons (Fsp3) is 0.636. The van der Waals surface area contributed by atoms with Crippen LogP contribution in [0.1, 0.15) is 32.3 Å². The van der Waals surface area contributed by atoms with Crippen molar-refractivity contribution in [3.8, 4) is 0 Å². The smallest absolute Gasteiger partial charge is 0.369 e. The summed E-state index contributed by atoms with van der Waals surface area (Å²) in [5.41, 5.74) is 7.80. The zero-order chi connectivity index (χ0) is 30.0. The zero-order valence-corrected chi connectivity index (χ0v) is 25.0. The van der Waals surface area contributed by atoms with Gasteiger partial charge in [0, 0.05) is 43.5 Å². The van der Waals surface area contributed by atoms with Gasteiger partial charge >= 0.3 is 15.2 Å². The third-order valence-corrected chi connectivity index (χ3v) is 10.2. The Bertz CT molecular complexity index is 1010. The monoisotopic (exact) mass is 634 g/mol. The molecule has 0 aliphatic heterocycles. The molecule has 13 nitrogen and oxygen atoms in total. The van der Waals surface area contributed by atoms with Crippen LogP contribution in [0.2, 0.25) is 0 Å². The fourth-order valence-electron chi connectivity index (χ4n) is 3.67. The number of anilines is 1. The first-order valence-corrected chi connectivity index (χ1v) is 16.4. The van der Waals surface area contributed by atoms with E-state index in [4.69, 9.17) is 28.9 Å². The minimum absolute atomic E-state index is 0.201. The molecule has 0 heterocycles. The largest absolute Gasteiger partial charge is 0.369 e. The van der Waals surface area contributed by atoms with Crippen LogP contribution in [-0.4, -0.2) is 85.1 Å². The molecule has 2 atom stereocenters. The Hall–Kier alpha value is -1.24. The molecule has 1 aromatic rings. The molecule has 0 aromatic heterocycles. The summed E-state index contributed by atoms with van der Waals surface area (Å²) in [6, 6.07) is 5.45. The van der Waals surface area contributed by atoms with E-state index in [1.54, 1.807) is 13.8 Å². The minimum Gasteiger partial charge on any atom is -0.369 e. The highest BCUT2D eigenvalue weighted by molar-refractivity contribution is 7.72. The number of benzene rings is 1. The lowest BCUT2D eigenvalue weighted by atomic mass is 10.0. The number of nitrogens with one attached hydrogen (secondary N) is 2. The molecule has 0 radical (unpaired) electrons. The molecule has 2 amide bonds. The number of nitrogens with two attached hydrogens (primary N) is 1. The number of alkyl halides is 2. The lowest BCUT2D eigenvalue weighted by Crippen LogP contribution is -2.54. The highest BCUT2D eigenvalue weighted by atomic mass is 35.5. The number of nitrogens with zero attached hydrogens (tertiary/aromatic N) is 1. The predicted octanol–water partition coefficient (Wildman–Crippen LogP) is 0.879. The third kappa shape index (κ3) is 10.6. The van der Waals surface area contributed by atoms with Crippen molar-refractivity contribution in [3.63, 3.8) is 0 Å². The van der Waals surface area contributed by atoms with Gasteiger partial charge in [0.2, 0.25) is 11.8 Å². The summed E-state index contributed by atoms with van der Waals surface area (Å²) in [5, 5.41) is 11.4. The van der Waals surface area contributed by atoms with Crippen LogP contribution in [0.3, 0.4) is 0 Å². The maximum absolute atomic E-state index is 12.7. The summed E-state index contributed by atoms with van der Waals surface area (Å²) in [6.45, 7) is 4.35. The molecule has 0 bridgehead atoms. The Balaban J connectivity index is 2.73. The summed E-state index contributed by atoms with van der Waals surface area (Å²) in [7, 11) is -11.2. The van der Waals surface area contributed by atoms with E-state index in [9.17, 15) is 43.4 Å². The molecular weight excluding hydrogens is 597 g/mol. The number of halogens is 2. The van der Waals surface area contributed by atoms with Crippen molar-refractivity contribution in [1.29, 1.82) is 0 Å². The van der Waals surface area contributed by atoms with Crippen molar-refractivity contribution >= 4 is 55.9 Å². The van der Waals surface area contributed by atoms with Crippen LogP contribution in [0.15, 0.2) is 24.3 Å². The summed E-state index contributed by atoms with van der Waals surface area (Å²) < 4.78 is 22.9. The van der Waals surface area contributed by atoms with E-state index < -0.39 is 50.6 Å². The van der Waals surface area contributed by atoms with Crippen molar-refractivity contribution in [1.82, 2.24) is 10.6 Å². The van der Waals surface area contributed by atoms with Gasteiger partial charge in [-0.1, -0.05) is 26.0 Å². The third-order valence-electron chi connectivity index (χ3n) is 5.97. The molecule has 1 rings (SSSR count). The number of aliphatic hydroxyl groups is 1. The van der Waals surface area contributed by atoms with Crippen molar-refractivity contribution in [2.75, 3.05) is 36.3 Å². The van der Waals surface area contributed by atoms with Gasteiger partial charge in [0.05, 0.1) is 6.04 Å². The lowest BCUT2D eigenvalue weighted by molar-refractivity contribution is -0.130. The van der Waals surface area contributed by atoms with E-state index in [0.29, 0.717) is 24.8 Å². The van der Waals surface area contributed by atoms with Gasteiger partial charge in [-0.25, -0.2) is 0 Å².